The summed E-state index contributed by atoms with van der Waals surface area (Å²) in [7, 11) is -7.25. The molecule has 404 valence electrons. The number of hydrogen-bond acceptors (Lipinski definition) is 22. The Bertz CT molecular complexity index is 1730. The Kier molecular flexibility index (Phi) is 22.8. The topological polar surface area (TPSA) is 338 Å². The van der Waals surface area contributed by atoms with Crippen LogP contribution in [0.5, 0.6) is 0 Å². The predicted octanol–water partition coefficient (Wildman–Crippen LogP) is 0.299. The molecule has 69 heavy (non-hydrogen) atoms. The average Bonchev–Trinajstić information content (AvgIpc) is 3.28. The molecule has 0 bridgehead atoms. The second kappa shape index (κ2) is 26.2. The largest absolute Gasteiger partial charge is 0.394 e. The minimum atomic E-state index is -4.58. The molecule has 4 saturated heterocycles. The molecule has 0 aliphatic carbocycles. The van der Waals surface area contributed by atoms with Crippen molar-refractivity contribution in [3.8, 4) is 0 Å². The zero-order valence-corrected chi connectivity index (χ0v) is 42.8. The maximum Gasteiger partial charge on any atom is 0.367 e. The highest BCUT2D eigenvalue weighted by atomic mass is 31.3. The molecule has 0 spiro atoms. The van der Waals surface area contributed by atoms with Gasteiger partial charge >= 0.3 is 15.2 Å². The Morgan fingerprint density at radius 2 is 1.26 bits per heavy atom. The number of hydrogen-bond donors (Lipinski definition) is 10. The highest BCUT2D eigenvalue weighted by Gasteiger charge is 2.57. The smallest absolute Gasteiger partial charge is 0.367 e. The Morgan fingerprint density at radius 1 is 0.739 bits per heavy atom. The fourth-order valence-electron chi connectivity index (χ4n) is 10.3. The second-order valence-corrected chi connectivity index (χ2v) is 22.7. The number of amides is 2. The summed E-state index contributed by atoms with van der Waals surface area (Å²) in [6.07, 6.45) is -17.8. The third-order valence-corrected chi connectivity index (χ3v) is 16.6. The quantitative estimate of drug-likeness (QED) is 0.0581. The molecule has 27 heteroatoms. The van der Waals surface area contributed by atoms with Gasteiger partial charge in [0, 0.05) is 39.6 Å². The number of aliphatic hydroxyl groups is 7. The van der Waals surface area contributed by atoms with E-state index in [0.29, 0.717) is 19.0 Å². The van der Waals surface area contributed by atoms with E-state index in [4.69, 9.17) is 37.7 Å². The lowest BCUT2D eigenvalue weighted by Crippen LogP contribution is -2.70. The molecule has 4 aliphatic rings. The van der Waals surface area contributed by atoms with Gasteiger partial charge in [-0.1, -0.05) is 59.8 Å². The zero-order chi connectivity index (χ0) is 51.8. The van der Waals surface area contributed by atoms with Crippen molar-refractivity contribution in [2.24, 2.45) is 17.8 Å². The van der Waals surface area contributed by atoms with Crippen molar-refractivity contribution in [3.05, 3.63) is 0 Å². The number of rotatable bonds is 24. The van der Waals surface area contributed by atoms with Gasteiger partial charge in [-0.2, -0.15) is 0 Å². The number of likely N-dealkylation sites (N-methyl/N-ethyl adjacent to an activating group) is 1. The summed E-state index contributed by atoms with van der Waals surface area (Å²) in [6, 6.07) is -3.36. The summed E-state index contributed by atoms with van der Waals surface area (Å²) in [4.78, 5) is 24.9. The van der Waals surface area contributed by atoms with Crippen molar-refractivity contribution in [2.75, 3.05) is 40.2 Å². The van der Waals surface area contributed by atoms with E-state index in [1.54, 1.807) is 6.92 Å². The molecule has 4 heterocycles. The van der Waals surface area contributed by atoms with Gasteiger partial charge in [0.15, 0.2) is 24.7 Å². The van der Waals surface area contributed by atoms with Crippen LogP contribution in [0.4, 0.5) is 4.53 Å². The Morgan fingerprint density at radius 3 is 1.72 bits per heavy atom. The molecular formula is C42H78FN3O21P2. The monoisotopic (exact) mass is 1040 g/mol. The zero-order valence-electron chi connectivity index (χ0n) is 41.0. The van der Waals surface area contributed by atoms with E-state index >= 15 is 0 Å². The SMILES string of the molecule is CCC[C@@H](CC)[C@@H](CC)C1O[C@](C)(O[C@@H]2C(O)[C@H](O[C@@H]3C(CO)O[C@@H](O[C@@H]4C(CO)O[C@H](OP(C)(=O)OP(C)(=O)OF)C(NC(C)=O)[C@H]4O)C(NC(C)=O)[C@H]3O)OC(CO)[C@@H]2O)C[C@@H](CC)[C@H]1NC. The molecule has 2 amide bonds. The summed E-state index contributed by atoms with van der Waals surface area (Å²) in [5, 5.41) is 86.8. The number of halogens is 1. The molecule has 0 radical (unpaired) electrons. The standard InChI is InChI=1S/C42H78FN3O21P2/c1-11-15-22(12-2)24(14-4)35-28(44-8)23(13-3)16-42(7,63-35)64-38-31(52)25(17-47)58-41(34(38)55)62-37-26(18-48)59-39(29(32(37)53)45-20(5)50)61-36-27(19-49)60-40(30(33(36)54)46-21(6)51)65-68(9,56)67-69(10,57)66-43/h22-41,44,47-49,52-55H,11-19H2,1-10H3,(H,45,50)(H,46,51)/t22-,23-,24-,25?,26?,27?,28-,29?,30?,31+,32-,33-,34?,35?,36-,37-,38+,39+,40-,41+,42-,68?,69?/m1/s1. The molecule has 4 aliphatic heterocycles. The van der Waals surface area contributed by atoms with Gasteiger partial charge in [0.25, 0.3) is 0 Å². The minimum Gasteiger partial charge on any atom is -0.394 e. The van der Waals surface area contributed by atoms with Gasteiger partial charge in [-0.25, -0.2) is 4.31 Å². The highest BCUT2D eigenvalue weighted by Crippen LogP contribution is 2.62. The van der Waals surface area contributed by atoms with Crippen molar-refractivity contribution in [1.82, 2.24) is 16.0 Å². The molecule has 0 aromatic heterocycles. The highest BCUT2D eigenvalue weighted by molar-refractivity contribution is 7.66. The van der Waals surface area contributed by atoms with E-state index in [0.717, 1.165) is 52.6 Å². The van der Waals surface area contributed by atoms with E-state index in [9.17, 15) is 59.0 Å². The summed E-state index contributed by atoms with van der Waals surface area (Å²) in [5.74, 6) is -2.36. The van der Waals surface area contributed by atoms with Crippen LogP contribution in [0.25, 0.3) is 0 Å². The molecule has 10 N–H and O–H groups in total. The van der Waals surface area contributed by atoms with Crippen LogP contribution in [0.15, 0.2) is 0 Å². The van der Waals surface area contributed by atoms with Gasteiger partial charge < -0.3 is 84.9 Å². The van der Waals surface area contributed by atoms with Crippen LogP contribution in [-0.2, 0) is 65.4 Å². The van der Waals surface area contributed by atoms with Gasteiger partial charge in [-0.15, -0.1) is 4.73 Å². The fraction of sp³-hybridized carbons (Fsp3) is 0.952. The van der Waals surface area contributed by atoms with Gasteiger partial charge in [0.2, 0.25) is 11.8 Å². The van der Waals surface area contributed by atoms with E-state index in [-0.39, 0.29) is 24.0 Å². The van der Waals surface area contributed by atoms with Crippen LogP contribution in [0.2, 0.25) is 0 Å². The van der Waals surface area contributed by atoms with Crippen molar-refractivity contribution in [1.29, 1.82) is 0 Å². The van der Waals surface area contributed by atoms with Crippen molar-refractivity contribution in [3.63, 3.8) is 0 Å². The molecule has 9 unspecified atom stereocenters. The number of aliphatic hydroxyl groups excluding tert-OH is 7. The van der Waals surface area contributed by atoms with Crippen LogP contribution in [0, 0.1) is 17.8 Å². The molecular weight excluding hydrogens is 963 g/mol. The van der Waals surface area contributed by atoms with E-state index in [1.807, 2.05) is 7.05 Å². The van der Waals surface area contributed by atoms with Crippen molar-refractivity contribution in [2.45, 2.75) is 197 Å². The number of carbonyl (C=O) groups is 2. The summed E-state index contributed by atoms with van der Waals surface area (Å²) in [5.41, 5.74) is 0. The molecule has 0 aromatic rings. The Balaban J connectivity index is 1.62. The summed E-state index contributed by atoms with van der Waals surface area (Å²) in [6.45, 7) is 11.2. The third-order valence-electron chi connectivity index (χ3n) is 13.4. The normalized spacial score (nSPS) is 41.3. The van der Waals surface area contributed by atoms with E-state index in [1.165, 1.54) is 0 Å². The molecule has 24 nitrogen and oxygen atoms in total. The molecule has 23 atom stereocenters. The van der Waals surface area contributed by atoms with E-state index < -0.39 is 145 Å². The number of carbonyl (C=O) groups excluding carboxylic acids is 2. The number of nitrogens with one attached hydrogen (secondary N) is 3. The average molecular weight is 1040 g/mol. The molecule has 0 aromatic carbocycles. The summed E-state index contributed by atoms with van der Waals surface area (Å²) < 4.78 is 94.7. The lowest BCUT2D eigenvalue weighted by molar-refractivity contribution is -0.386. The Labute approximate surface area is 402 Å². The van der Waals surface area contributed by atoms with Crippen LogP contribution >= 0.6 is 15.2 Å². The first-order valence-corrected chi connectivity index (χ1v) is 27.6. The minimum absolute atomic E-state index is 0.0287. The van der Waals surface area contributed by atoms with Crippen molar-refractivity contribution < 1.29 is 106 Å². The lowest BCUT2D eigenvalue weighted by Gasteiger charge is -2.53. The second-order valence-electron chi connectivity index (χ2n) is 18.6. The van der Waals surface area contributed by atoms with E-state index in [2.05, 4.69) is 52.7 Å². The van der Waals surface area contributed by atoms with Gasteiger partial charge in [0.05, 0.1) is 25.9 Å². The fourth-order valence-corrected chi connectivity index (χ4v) is 13.2. The number of ether oxygens (including phenoxy) is 7. The maximum absolute atomic E-state index is 13.1. The predicted molar refractivity (Wildman–Crippen MR) is 240 cm³/mol. The molecule has 4 rings (SSSR count). The lowest BCUT2D eigenvalue weighted by atomic mass is 9.73. The molecule has 0 saturated carbocycles. The van der Waals surface area contributed by atoms with Crippen LogP contribution in [-0.4, -0.2) is 198 Å². The van der Waals surface area contributed by atoms with Crippen LogP contribution in [0.1, 0.15) is 87.0 Å². The van der Waals surface area contributed by atoms with Gasteiger partial charge in [-0.3, -0.25) is 23.2 Å². The van der Waals surface area contributed by atoms with Gasteiger partial charge in [0.1, 0.15) is 73.1 Å². The van der Waals surface area contributed by atoms with Crippen LogP contribution in [0.3, 0.4) is 0 Å². The Hall–Kier alpha value is -1.39. The maximum atomic E-state index is 13.1. The summed E-state index contributed by atoms with van der Waals surface area (Å²) >= 11 is 0. The van der Waals surface area contributed by atoms with Crippen LogP contribution < -0.4 is 16.0 Å². The van der Waals surface area contributed by atoms with Gasteiger partial charge in [-0.05, 0) is 36.3 Å². The first-order chi connectivity index (χ1) is 32.4. The molecule has 4 fully saturated rings. The first-order valence-electron chi connectivity index (χ1n) is 23.7. The van der Waals surface area contributed by atoms with Crippen molar-refractivity contribution >= 4 is 27.0 Å². The first kappa shape index (κ1) is 60.2. The third kappa shape index (κ3) is 14.9.